The summed E-state index contributed by atoms with van der Waals surface area (Å²) in [5.41, 5.74) is -0.968. The SMILES string of the molecule is O=C(O)C1(CC2CCC2)CCS(=O)(=O)C1. The van der Waals surface area contributed by atoms with Crippen molar-refractivity contribution in [2.45, 2.75) is 32.1 Å². The van der Waals surface area contributed by atoms with E-state index in [-0.39, 0.29) is 11.5 Å². The van der Waals surface area contributed by atoms with E-state index in [1.165, 1.54) is 0 Å². The molecule has 2 aliphatic rings. The Balaban J connectivity index is 2.14. The first kappa shape index (κ1) is 10.9. The van der Waals surface area contributed by atoms with E-state index < -0.39 is 21.2 Å². The van der Waals surface area contributed by atoms with Crippen LogP contribution in [0, 0.1) is 11.3 Å². The van der Waals surface area contributed by atoms with Crippen molar-refractivity contribution in [1.29, 1.82) is 0 Å². The van der Waals surface area contributed by atoms with Gasteiger partial charge in [-0.2, -0.15) is 0 Å². The van der Waals surface area contributed by atoms with Crippen LogP contribution in [-0.2, 0) is 14.6 Å². The van der Waals surface area contributed by atoms with Crippen molar-refractivity contribution >= 4 is 15.8 Å². The number of hydrogen-bond acceptors (Lipinski definition) is 3. The molecule has 1 saturated carbocycles. The smallest absolute Gasteiger partial charge is 0.310 e. The summed E-state index contributed by atoms with van der Waals surface area (Å²) in [6, 6.07) is 0. The average molecular weight is 232 g/mol. The highest BCUT2D eigenvalue weighted by molar-refractivity contribution is 7.91. The van der Waals surface area contributed by atoms with Gasteiger partial charge in [0.25, 0.3) is 0 Å². The lowest BCUT2D eigenvalue weighted by Gasteiger charge is -2.33. The molecule has 1 saturated heterocycles. The van der Waals surface area contributed by atoms with E-state index in [0.717, 1.165) is 19.3 Å². The average Bonchev–Trinajstić information content (AvgIpc) is 2.36. The Bertz CT molecular complexity index is 369. The first-order valence-electron chi connectivity index (χ1n) is 5.37. The van der Waals surface area contributed by atoms with Gasteiger partial charge >= 0.3 is 5.97 Å². The molecule has 1 aliphatic carbocycles. The van der Waals surface area contributed by atoms with Gasteiger partial charge in [-0.05, 0) is 18.8 Å². The number of rotatable bonds is 3. The number of aliphatic carboxylic acids is 1. The lowest BCUT2D eigenvalue weighted by Crippen LogP contribution is -2.36. The van der Waals surface area contributed by atoms with Crippen LogP contribution in [0.3, 0.4) is 0 Å². The Morgan fingerprint density at radius 3 is 2.40 bits per heavy atom. The molecule has 15 heavy (non-hydrogen) atoms. The fourth-order valence-corrected chi connectivity index (χ4v) is 4.66. The highest BCUT2D eigenvalue weighted by atomic mass is 32.2. The number of hydrogen-bond donors (Lipinski definition) is 1. The summed E-state index contributed by atoms with van der Waals surface area (Å²) in [6.07, 6.45) is 4.15. The summed E-state index contributed by atoms with van der Waals surface area (Å²) in [5, 5.41) is 9.20. The van der Waals surface area contributed by atoms with Crippen LogP contribution < -0.4 is 0 Å². The first-order chi connectivity index (χ1) is 6.94. The second kappa shape index (κ2) is 3.47. The number of carboxylic acid groups (broad SMARTS) is 1. The van der Waals surface area contributed by atoms with E-state index in [2.05, 4.69) is 0 Å². The molecule has 2 fully saturated rings. The molecule has 0 spiro atoms. The molecule has 0 aromatic carbocycles. The molecule has 2 rings (SSSR count). The van der Waals surface area contributed by atoms with Crippen molar-refractivity contribution < 1.29 is 18.3 Å². The molecule has 1 unspecified atom stereocenters. The largest absolute Gasteiger partial charge is 0.481 e. The maximum Gasteiger partial charge on any atom is 0.310 e. The third kappa shape index (κ3) is 2.02. The Labute approximate surface area is 89.6 Å². The van der Waals surface area contributed by atoms with Crippen molar-refractivity contribution in [1.82, 2.24) is 0 Å². The zero-order valence-electron chi connectivity index (χ0n) is 8.61. The van der Waals surface area contributed by atoms with Gasteiger partial charge in [-0.25, -0.2) is 8.42 Å². The Morgan fingerprint density at radius 1 is 1.40 bits per heavy atom. The van der Waals surface area contributed by atoms with Crippen LogP contribution in [-0.4, -0.2) is 31.0 Å². The lowest BCUT2D eigenvalue weighted by atomic mass is 9.71. The maximum atomic E-state index is 11.4. The highest BCUT2D eigenvalue weighted by Gasteiger charge is 2.49. The molecule has 1 N–H and O–H groups in total. The second-order valence-electron chi connectivity index (χ2n) is 4.93. The summed E-state index contributed by atoms with van der Waals surface area (Å²) < 4.78 is 22.8. The topological polar surface area (TPSA) is 71.4 Å². The number of sulfone groups is 1. The van der Waals surface area contributed by atoms with Crippen LogP contribution in [0.2, 0.25) is 0 Å². The molecular weight excluding hydrogens is 216 g/mol. The van der Waals surface area contributed by atoms with Crippen molar-refractivity contribution in [2.24, 2.45) is 11.3 Å². The molecule has 86 valence electrons. The molecule has 5 heteroatoms. The van der Waals surface area contributed by atoms with Gasteiger partial charge in [0.15, 0.2) is 9.84 Å². The quantitative estimate of drug-likeness (QED) is 0.790. The molecule has 1 heterocycles. The van der Waals surface area contributed by atoms with Crippen LogP contribution in [0.1, 0.15) is 32.1 Å². The predicted octanol–water partition coefficient (Wildman–Crippen LogP) is 1.07. The van der Waals surface area contributed by atoms with Crippen LogP contribution in [0.5, 0.6) is 0 Å². The van der Waals surface area contributed by atoms with Gasteiger partial charge in [0, 0.05) is 0 Å². The maximum absolute atomic E-state index is 11.4. The van der Waals surface area contributed by atoms with Crippen molar-refractivity contribution in [3.63, 3.8) is 0 Å². The zero-order chi connectivity index (χ0) is 11.1. The second-order valence-corrected chi connectivity index (χ2v) is 7.11. The van der Waals surface area contributed by atoms with Crippen LogP contribution in [0.15, 0.2) is 0 Å². The summed E-state index contributed by atoms with van der Waals surface area (Å²) in [6.45, 7) is 0. The Hall–Kier alpha value is -0.580. The third-order valence-corrected chi connectivity index (χ3v) is 5.56. The minimum atomic E-state index is -3.11. The van der Waals surface area contributed by atoms with Crippen LogP contribution in [0.25, 0.3) is 0 Å². The van der Waals surface area contributed by atoms with E-state index in [1.807, 2.05) is 0 Å². The van der Waals surface area contributed by atoms with Gasteiger partial charge in [-0.1, -0.05) is 19.3 Å². The lowest BCUT2D eigenvalue weighted by molar-refractivity contribution is -0.148. The molecule has 0 amide bonds. The molecular formula is C10H16O4S. The number of carboxylic acids is 1. The molecule has 4 nitrogen and oxygen atoms in total. The van der Waals surface area contributed by atoms with E-state index in [0.29, 0.717) is 18.8 Å². The van der Waals surface area contributed by atoms with Crippen molar-refractivity contribution in [3.8, 4) is 0 Å². The van der Waals surface area contributed by atoms with Crippen LogP contribution >= 0.6 is 0 Å². The van der Waals surface area contributed by atoms with Gasteiger partial charge in [-0.3, -0.25) is 4.79 Å². The fraction of sp³-hybridized carbons (Fsp3) is 0.900. The van der Waals surface area contributed by atoms with Gasteiger partial charge in [0.1, 0.15) is 0 Å². The molecule has 0 bridgehead atoms. The molecule has 0 radical (unpaired) electrons. The van der Waals surface area contributed by atoms with E-state index in [4.69, 9.17) is 0 Å². The normalized spacial score (nSPS) is 34.9. The van der Waals surface area contributed by atoms with Crippen molar-refractivity contribution in [2.75, 3.05) is 11.5 Å². The number of carbonyl (C=O) groups is 1. The Morgan fingerprint density at radius 2 is 2.07 bits per heavy atom. The Kier molecular flexibility index (Phi) is 2.53. The first-order valence-corrected chi connectivity index (χ1v) is 7.20. The molecule has 0 aromatic heterocycles. The van der Waals surface area contributed by atoms with Gasteiger partial charge in [0.05, 0.1) is 16.9 Å². The minimum absolute atomic E-state index is 0.0476. The molecule has 1 aliphatic heterocycles. The predicted molar refractivity (Wildman–Crippen MR) is 55.3 cm³/mol. The summed E-state index contributed by atoms with van der Waals surface area (Å²) in [5.74, 6) is -0.581. The standard InChI is InChI=1S/C10H16O4S/c11-9(12)10(6-8-2-1-3-8)4-5-15(13,14)7-10/h8H,1-7H2,(H,11,12). The van der Waals surface area contributed by atoms with E-state index in [9.17, 15) is 18.3 Å². The highest BCUT2D eigenvalue weighted by Crippen LogP contribution is 2.43. The zero-order valence-corrected chi connectivity index (χ0v) is 9.42. The van der Waals surface area contributed by atoms with Crippen molar-refractivity contribution in [3.05, 3.63) is 0 Å². The van der Waals surface area contributed by atoms with E-state index in [1.54, 1.807) is 0 Å². The van der Waals surface area contributed by atoms with Gasteiger partial charge < -0.3 is 5.11 Å². The third-order valence-electron chi connectivity index (χ3n) is 3.75. The fourth-order valence-electron chi connectivity index (χ4n) is 2.58. The summed E-state index contributed by atoms with van der Waals surface area (Å²) in [4.78, 5) is 11.2. The summed E-state index contributed by atoms with van der Waals surface area (Å²) in [7, 11) is -3.11. The van der Waals surface area contributed by atoms with Gasteiger partial charge in [0.2, 0.25) is 0 Å². The molecule has 1 atom stereocenters. The van der Waals surface area contributed by atoms with Gasteiger partial charge in [-0.15, -0.1) is 0 Å². The van der Waals surface area contributed by atoms with E-state index >= 15 is 0 Å². The molecule has 0 aromatic rings. The monoisotopic (exact) mass is 232 g/mol. The van der Waals surface area contributed by atoms with Crippen LogP contribution in [0.4, 0.5) is 0 Å². The minimum Gasteiger partial charge on any atom is -0.481 e. The summed E-state index contributed by atoms with van der Waals surface area (Å²) >= 11 is 0.